The molecule has 0 radical (unpaired) electrons. The highest BCUT2D eigenvalue weighted by atomic mass is 32.2. The molecular formula is C18H20N4O2S2. The maximum Gasteiger partial charge on any atom is 0.238 e. The SMILES string of the molecule is Cc1nc(Nc2cc(S(N)(=O)=O)cc(C)c2C)c2c3c(sc2n1)CCC3. The first-order valence-electron chi connectivity index (χ1n) is 8.44. The van der Waals surface area contributed by atoms with Gasteiger partial charge in [0.1, 0.15) is 16.5 Å². The van der Waals surface area contributed by atoms with Crippen LogP contribution in [-0.4, -0.2) is 18.4 Å². The second kappa shape index (κ2) is 6.00. The van der Waals surface area contributed by atoms with Crippen molar-refractivity contribution in [1.82, 2.24) is 9.97 Å². The lowest BCUT2D eigenvalue weighted by Gasteiger charge is -2.14. The Bertz CT molecular complexity index is 1150. The fraction of sp³-hybridized carbons (Fsp3) is 0.333. The molecule has 1 aromatic carbocycles. The van der Waals surface area contributed by atoms with E-state index in [9.17, 15) is 8.42 Å². The van der Waals surface area contributed by atoms with E-state index in [4.69, 9.17) is 5.14 Å². The molecule has 1 aliphatic rings. The van der Waals surface area contributed by atoms with Gasteiger partial charge in [0, 0.05) is 10.6 Å². The van der Waals surface area contributed by atoms with Gasteiger partial charge in [0.2, 0.25) is 10.0 Å². The van der Waals surface area contributed by atoms with Gasteiger partial charge in [0.15, 0.2) is 0 Å². The largest absolute Gasteiger partial charge is 0.339 e. The topological polar surface area (TPSA) is 98.0 Å². The molecule has 26 heavy (non-hydrogen) atoms. The lowest BCUT2D eigenvalue weighted by Crippen LogP contribution is -2.13. The van der Waals surface area contributed by atoms with Crippen LogP contribution in [0.5, 0.6) is 0 Å². The van der Waals surface area contributed by atoms with Gasteiger partial charge in [0.25, 0.3) is 0 Å². The Morgan fingerprint density at radius 3 is 2.65 bits per heavy atom. The highest BCUT2D eigenvalue weighted by molar-refractivity contribution is 7.89. The number of nitrogens with two attached hydrogens (primary N) is 1. The minimum Gasteiger partial charge on any atom is -0.339 e. The van der Waals surface area contributed by atoms with Crippen molar-refractivity contribution < 1.29 is 8.42 Å². The number of rotatable bonds is 3. The van der Waals surface area contributed by atoms with Gasteiger partial charge in [-0.3, -0.25) is 0 Å². The molecule has 0 amide bonds. The van der Waals surface area contributed by atoms with Gasteiger partial charge in [-0.25, -0.2) is 23.5 Å². The fourth-order valence-electron chi connectivity index (χ4n) is 3.44. The normalized spacial score (nSPS) is 14.0. The molecule has 0 fully saturated rings. The average molecular weight is 389 g/mol. The van der Waals surface area contributed by atoms with Crippen LogP contribution in [0.25, 0.3) is 10.2 Å². The van der Waals surface area contributed by atoms with E-state index < -0.39 is 10.0 Å². The van der Waals surface area contributed by atoms with E-state index in [1.165, 1.54) is 10.4 Å². The van der Waals surface area contributed by atoms with Crippen LogP contribution in [0, 0.1) is 20.8 Å². The second-order valence-electron chi connectivity index (χ2n) is 6.74. The van der Waals surface area contributed by atoms with Gasteiger partial charge >= 0.3 is 0 Å². The summed E-state index contributed by atoms with van der Waals surface area (Å²) >= 11 is 1.73. The van der Waals surface area contributed by atoms with Crippen LogP contribution in [0.2, 0.25) is 0 Å². The van der Waals surface area contributed by atoms with Crippen LogP contribution in [0.4, 0.5) is 11.5 Å². The molecule has 3 aromatic rings. The third-order valence-corrected chi connectivity index (χ3v) is 6.98. The van der Waals surface area contributed by atoms with Crippen molar-refractivity contribution >= 4 is 43.1 Å². The minimum atomic E-state index is -3.78. The van der Waals surface area contributed by atoms with Gasteiger partial charge in [-0.2, -0.15) is 0 Å². The first kappa shape index (κ1) is 17.4. The second-order valence-corrected chi connectivity index (χ2v) is 9.38. The van der Waals surface area contributed by atoms with Crippen LogP contribution in [0.1, 0.15) is 33.8 Å². The number of nitrogens with zero attached hydrogens (tertiary/aromatic N) is 2. The smallest absolute Gasteiger partial charge is 0.238 e. The van der Waals surface area contributed by atoms with E-state index in [-0.39, 0.29) is 4.90 Å². The number of fused-ring (bicyclic) bond motifs is 3. The summed E-state index contributed by atoms with van der Waals surface area (Å²) < 4.78 is 23.6. The number of aryl methyl sites for hydroxylation is 4. The number of nitrogens with one attached hydrogen (secondary N) is 1. The predicted octanol–water partition coefficient (Wildman–Crippen LogP) is 3.50. The van der Waals surface area contributed by atoms with Gasteiger partial charge in [0.05, 0.1) is 10.3 Å². The van der Waals surface area contributed by atoms with E-state index in [1.54, 1.807) is 23.5 Å². The van der Waals surface area contributed by atoms with Crippen LogP contribution in [-0.2, 0) is 22.9 Å². The molecule has 2 aromatic heterocycles. The van der Waals surface area contributed by atoms with Crippen molar-refractivity contribution in [3.05, 3.63) is 39.5 Å². The Balaban J connectivity index is 1.90. The summed E-state index contributed by atoms with van der Waals surface area (Å²) in [6.07, 6.45) is 3.28. The Labute approximate surface area is 156 Å². The molecule has 136 valence electrons. The summed E-state index contributed by atoms with van der Waals surface area (Å²) in [5.74, 6) is 1.43. The van der Waals surface area contributed by atoms with Gasteiger partial charge < -0.3 is 5.32 Å². The Morgan fingerprint density at radius 2 is 1.92 bits per heavy atom. The first-order valence-corrected chi connectivity index (χ1v) is 10.8. The van der Waals surface area contributed by atoms with E-state index in [0.29, 0.717) is 11.5 Å². The first-order chi connectivity index (χ1) is 12.2. The lowest BCUT2D eigenvalue weighted by atomic mass is 10.1. The maximum absolute atomic E-state index is 11.8. The lowest BCUT2D eigenvalue weighted by molar-refractivity contribution is 0.597. The molecule has 0 saturated carbocycles. The zero-order valence-corrected chi connectivity index (χ0v) is 16.5. The van der Waals surface area contributed by atoms with Crippen LogP contribution < -0.4 is 10.5 Å². The number of anilines is 2. The fourth-order valence-corrected chi connectivity index (χ4v) is 5.37. The molecule has 2 heterocycles. The number of sulfonamides is 1. The summed E-state index contributed by atoms with van der Waals surface area (Å²) in [6.45, 7) is 5.69. The summed E-state index contributed by atoms with van der Waals surface area (Å²) in [5.41, 5.74) is 3.85. The van der Waals surface area contributed by atoms with E-state index >= 15 is 0 Å². The average Bonchev–Trinajstić information content (AvgIpc) is 3.10. The monoisotopic (exact) mass is 388 g/mol. The summed E-state index contributed by atoms with van der Waals surface area (Å²) in [6, 6.07) is 3.17. The van der Waals surface area contributed by atoms with Gasteiger partial charge in [-0.15, -0.1) is 11.3 Å². The predicted molar refractivity (Wildman–Crippen MR) is 105 cm³/mol. The Morgan fingerprint density at radius 1 is 1.15 bits per heavy atom. The molecule has 3 N–H and O–H groups in total. The van der Waals surface area contributed by atoms with Crippen molar-refractivity contribution in [1.29, 1.82) is 0 Å². The van der Waals surface area contributed by atoms with E-state index in [1.807, 2.05) is 20.8 Å². The number of aromatic nitrogens is 2. The van der Waals surface area contributed by atoms with Crippen LogP contribution in [0.3, 0.4) is 0 Å². The molecule has 8 heteroatoms. The standard InChI is InChI=1S/C18H20N4O2S2/c1-9-7-12(26(19,23)24)8-14(10(9)2)22-17-16-13-5-4-6-15(13)25-18(16)21-11(3)20-17/h7-8H,4-6H2,1-3H3,(H2,19,23,24)(H,20,21,22). The summed E-state index contributed by atoms with van der Waals surface area (Å²) in [4.78, 5) is 11.7. The van der Waals surface area contributed by atoms with Crippen molar-refractivity contribution in [2.24, 2.45) is 5.14 Å². The maximum atomic E-state index is 11.8. The van der Waals surface area contributed by atoms with Crippen molar-refractivity contribution in [2.75, 3.05) is 5.32 Å². The number of thiophene rings is 1. The molecule has 0 bridgehead atoms. The number of primary sulfonamides is 1. The quantitative estimate of drug-likeness (QED) is 0.716. The molecule has 4 rings (SSSR count). The molecule has 0 saturated heterocycles. The molecule has 0 spiro atoms. The molecular weight excluding hydrogens is 368 g/mol. The van der Waals surface area contributed by atoms with Crippen molar-refractivity contribution in [3.63, 3.8) is 0 Å². The van der Waals surface area contributed by atoms with Gasteiger partial charge in [-0.1, -0.05) is 0 Å². The van der Waals surface area contributed by atoms with Crippen molar-refractivity contribution in [2.45, 2.75) is 44.9 Å². The summed E-state index contributed by atoms with van der Waals surface area (Å²) in [7, 11) is -3.78. The van der Waals surface area contributed by atoms with Crippen LogP contribution >= 0.6 is 11.3 Å². The highest BCUT2D eigenvalue weighted by Crippen LogP contribution is 2.40. The van der Waals surface area contributed by atoms with Gasteiger partial charge in [-0.05, 0) is 68.9 Å². The molecule has 6 nitrogen and oxygen atoms in total. The minimum absolute atomic E-state index is 0.0978. The molecule has 0 unspecified atom stereocenters. The van der Waals surface area contributed by atoms with E-state index in [2.05, 4.69) is 15.3 Å². The van der Waals surface area contributed by atoms with Crippen LogP contribution in [0.15, 0.2) is 17.0 Å². The molecule has 0 atom stereocenters. The zero-order chi connectivity index (χ0) is 18.6. The Kier molecular flexibility index (Phi) is 4.02. The zero-order valence-electron chi connectivity index (χ0n) is 14.9. The number of benzene rings is 1. The summed E-state index contributed by atoms with van der Waals surface area (Å²) in [5, 5.41) is 9.75. The number of hydrogen-bond donors (Lipinski definition) is 2. The third-order valence-electron chi connectivity index (χ3n) is 4.90. The Hall–Kier alpha value is -2.03. The molecule has 1 aliphatic carbocycles. The van der Waals surface area contributed by atoms with E-state index in [0.717, 1.165) is 46.4 Å². The number of hydrogen-bond acceptors (Lipinski definition) is 6. The third kappa shape index (κ3) is 2.87. The van der Waals surface area contributed by atoms with Crippen molar-refractivity contribution in [3.8, 4) is 0 Å². The highest BCUT2D eigenvalue weighted by Gasteiger charge is 2.22. The molecule has 0 aliphatic heterocycles.